The number of halogens is 1. The third-order valence-electron chi connectivity index (χ3n) is 4.80. The van der Waals surface area contributed by atoms with Crippen molar-refractivity contribution in [2.45, 2.75) is 11.1 Å². The summed E-state index contributed by atoms with van der Waals surface area (Å²) >= 11 is 8.31. The lowest BCUT2D eigenvalue weighted by Crippen LogP contribution is -2.50. The standard InChI is InChI=1S/C20H20ClN3O4S3/c1-2-28-15-5-3-14(4-6-15)19-22-16(13-29-19)20(25)23-9-11-24(12-10-23)31(26,27)18-8-7-17(21)30-18/h3-8,13H,2,9-12H2,1H3. The van der Waals surface area contributed by atoms with Crippen molar-refractivity contribution in [2.24, 2.45) is 0 Å². The van der Waals surface area contributed by atoms with E-state index in [9.17, 15) is 13.2 Å². The second-order valence-corrected chi connectivity index (χ2v) is 11.5. The van der Waals surface area contributed by atoms with Gasteiger partial charge in [-0.15, -0.1) is 22.7 Å². The largest absolute Gasteiger partial charge is 0.494 e. The summed E-state index contributed by atoms with van der Waals surface area (Å²) < 4.78 is 32.9. The highest BCUT2D eigenvalue weighted by atomic mass is 35.5. The zero-order chi connectivity index (χ0) is 22.0. The number of thiophene rings is 1. The first-order chi connectivity index (χ1) is 14.9. The second-order valence-electron chi connectivity index (χ2n) is 6.75. The smallest absolute Gasteiger partial charge is 0.273 e. The van der Waals surface area contributed by atoms with Crippen LogP contribution in [0.1, 0.15) is 17.4 Å². The van der Waals surface area contributed by atoms with Crippen LogP contribution in [0.4, 0.5) is 0 Å². The van der Waals surface area contributed by atoms with E-state index in [0.29, 0.717) is 29.7 Å². The summed E-state index contributed by atoms with van der Waals surface area (Å²) in [6.07, 6.45) is 0. The summed E-state index contributed by atoms with van der Waals surface area (Å²) in [5.41, 5.74) is 1.29. The number of carbonyl (C=O) groups is 1. The van der Waals surface area contributed by atoms with Gasteiger partial charge in [0.05, 0.1) is 10.9 Å². The second kappa shape index (κ2) is 9.25. The number of rotatable bonds is 6. The molecule has 1 aliphatic heterocycles. The van der Waals surface area contributed by atoms with Crippen LogP contribution in [0.5, 0.6) is 5.75 Å². The first kappa shape index (κ1) is 22.2. The molecule has 4 rings (SSSR count). The summed E-state index contributed by atoms with van der Waals surface area (Å²) in [6, 6.07) is 10.7. The third kappa shape index (κ3) is 4.78. The predicted octanol–water partition coefficient (Wildman–Crippen LogP) is 4.07. The minimum atomic E-state index is -3.59. The molecule has 0 radical (unpaired) electrons. The molecule has 0 atom stereocenters. The predicted molar refractivity (Wildman–Crippen MR) is 123 cm³/mol. The van der Waals surface area contributed by atoms with Crippen molar-refractivity contribution in [2.75, 3.05) is 32.8 Å². The van der Waals surface area contributed by atoms with Crippen LogP contribution in [0, 0.1) is 0 Å². The molecule has 31 heavy (non-hydrogen) atoms. The Balaban J connectivity index is 1.40. The van der Waals surface area contributed by atoms with Gasteiger partial charge in [-0.3, -0.25) is 4.79 Å². The minimum absolute atomic E-state index is 0.190. The molecule has 0 N–H and O–H groups in total. The normalized spacial score (nSPS) is 15.2. The van der Waals surface area contributed by atoms with Crippen molar-refractivity contribution in [3.63, 3.8) is 0 Å². The van der Waals surface area contributed by atoms with Crippen molar-refractivity contribution in [3.8, 4) is 16.3 Å². The fourth-order valence-corrected chi connectivity index (χ4v) is 7.08. The van der Waals surface area contributed by atoms with Crippen LogP contribution in [0.25, 0.3) is 10.6 Å². The number of benzene rings is 1. The van der Waals surface area contributed by atoms with Crippen LogP contribution in [-0.4, -0.2) is 61.3 Å². The van der Waals surface area contributed by atoms with Crippen LogP contribution >= 0.6 is 34.3 Å². The third-order valence-corrected chi connectivity index (χ3v) is 9.29. The van der Waals surface area contributed by atoms with Gasteiger partial charge >= 0.3 is 0 Å². The molecule has 1 fully saturated rings. The van der Waals surface area contributed by atoms with Gasteiger partial charge in [-0.1, -0.05) is 11.6 Å². The molecule has 0 aliphatic carbocycles. The molecule has 1 aromatic carbocycles. The Morgan fingerprint density at radius 2 is 1.84 bits per heavy atom. The molecule has 1 aliphatic rings. The number of aromatic nitrogens is 1. The van der Waals surface area contributed by atoms with Gasteiger partial charge in [0.2, 0.25) is 0 Å². The molecule has 0 unspecified atom stereocenters. The van der Waals surface area contributed by atoms with Crippen molar-refractivity contribution in [3.05, 3.63) is 51.8 Å². The Morgan fingerprint density at radius 3 is 2.45 bits per heavy atom. The number of ether oxygens (including phenoxy) is 1. The van der Waals surface area contributed by atoms with Crippen LogP contribution in [-0.2, 0) is 10.0 Å². The maximum Gasteiger partial charge on any atom is 0.273 e. The van der Waals surface area contributed by atoms with Gasteiger partial charge in [0.15, 0.2) is 0 Å². The van der Waals surface area contributed by atoms with Crippen LogP contribution in [0.15, 0.2) is 46.0 Å². The van der Waals surface area contributed by atoms with Crippen molar-refractivity contribution in [1.82, 2.24) is 14.2 Å². The van der Waals surface area contributed by atoms with Crippen molar-refractivity contribution >= 4 is 50.2 Å². The molecule has 1 saturated heterocycles. The average Bonchev–Trinajstić information content (AvgIpc) is 3.44. The van der Waals surface area contributed by atoms with E-state index >= 15 is 0 Å². The molecule has 1 amide bonds. The quantitative estimate of drug-likeness (QED) is 0.513. The van der Waals surface area contributed by atoms with Crippen molar-refractivity contribution in [1.29, 1.82) is 0 Å². The SMILES string of the molecule is CCOc1ccc(-c2nc(C(=O)N3CCN(S(=O)(=O)c4ccc(Cl)s4)CC3)cs2)cc1. The van der Waals surface area contributed by atoms with Gasteiger partial charge in [0.25, 0.3) is 15.9 Å². The summed E-state index contributed by atoms with van der Waals surface area (Å²) in [6.45, 7) is 3.63. The Bertz CT molecular complexity index is 1170. The van der Waals surface area contributed by atoms with Crippen LogP contribution in [0.2, 0.25) is 4.34 Å². The molecule has 0 saturated carbocycles. The molecule has 3 aromatic rings. The highest BCUT2D eigenvalue weighted by Gasteiger charge is 2.32. The first-order valence-electron chi connectivity index (χ1n) is 9.62. The summed E-state index contributed by atoms with van der Waals surface area (Å²) in [5, 5.41) is 2.49. The zero-order valence-electron chi connectivity index (χ0n) is 16.7. The maximum atomic E-state index is 12.9. The lowest BCUT2D eigenvalue weighted by Gasteiger charge is -2.33. The monoisotopic (exact) mass is 497 g/mol. The molecule has 0 bridgehead atoms. The molecular weight excluding hydrogens is 478 g/mol. The average molecular weight is 498 g/mol. The fourth-order valence-electron chi connectivity index (χ4n) is 3.22. The summed E-state index contributed by atoms with van der Waals surface area (Å²) in [4.78, 5) is 19.0. The fraction of sp³-hybridized carbons (Fsp3) is 0.300. The number of hydrogen-bond donors (Lipinski definition) is 0. The van der Waals surface area contributed by atoms with E-state index in [-0.39, 0.29) is 23.2 Å². The van der Waals surface area contributed by atoms with Gasteiger partial charge in [-0.05, 0) is 43.3 Å². The van der Waals surface area contributed by atoms with Crippen LogP contribution in [0.3, 0.4) is 0 Å². The minimum Gasteiger partial charge on any atom is -0.494 e. The number of carbonyl (C=O) groups excluding carboxylic acids is 1. The van der Waals surface area contributed by atoms with E-state index in [4.69, 9.17) is 16.3 Å². The lowest BCUT2D eigenvalue weighted by molar-refractivity contribution is 0.0693. The molecular formula is C20H20ClN3O4S3. The molecule has 3 heterocycles. The molecule has 2 aromatic heterocycles. The maximum absolute atomic E-state index is 12.9. The highest BCUT2D eigenvalue weighted by Crippen LogP contribution is 2.29. The lowest BCUT2D eigenvalue weighted by atomic mass is 10.2. The van der Waals surface area contributed by atoms with E-state index in [2.05, 4.69) is 4.98 Å². The van der Waals surface area contributed by atoms with E-state index in [0.717, 1.165) is 27.7 Å². The Hall–Kier alpha value is -1.98. The van der Waals surface area contributed by atoms with Gasteiger partial charge in [-0.25, -0.2) is 13.4 Å². The molecule has 0 spiro atoms. The van der Waals surface area contributed by atoms with E-state index in [1.165, 1.54) is 21.7 Å². The highest BCUT2D eigenvalue weighted by molar-refractivity contribution is 7.91. The molecule has 7 nitrogen and oxygen atoms in total. The Kier molecular flexibility index (Phi) is 6.63. The van der Waals surface area contributed by atoms with E-state index in [1.54, 1.807) is 16.3 Å². The molecule has 164 valence electrons. The number of hydrogen-bond acceptors (Lipinski definition) is 7. The van der Waals surface area contributed by atoms with E-state index < -0.39 is 10.0 Å². The summed E-state index contributed by atoms with van der Waals surface area (Å²) in [7, 11) is -3.59. The van der Waals surface area contributed by atoms with E-state index in [1.807, 2.05) is 31.2 Å². The number of amides is 1. The van der Waals surface area contributed by atoms with Gasteiger partial charge in [0, 0.05) is 37.1 Å². The zero-order valence-corrected chi connectivity index (χ0v) is 19.9. The molecule has 11 heteroatoms. The Labute approximate surface area is 193 Å². The van der Waals surface area contributed by atoms with Gasteiger partial charge in [-0.2, -0.15) is 4.31 Å². The van der Waals surface area contributed by atoms with Crippen LogP contribution < -0.4 is 4.74 Å². The number of nitrogens with zero attached hydrogens (tertiary/aromatic N) is 3. The number of piperazine rings is 1. The first-order valence-corrected chi connectivity index (χ1v) is 13.1. The number of sulfonamides is 1. The summed E-state index contributed by atoms with van der Waals surface area (Å²) in [5.74, 6) is 0.599. The Morgan fingerprint density at radius 1 is 1.13 bits per heavy atom. The van der Waals surface area contributed by atoms with Gasteiger partial charge in [0.1, 0.15) is 20.7 Å². The topological polar surface area (TPSA) is 79.8 Å². The van der Waals surface area contributed by atoms with Crippen molar-refractivity contribution < 1.29 is 17.9 Å². The number of thiazole rings is 1. The van der Waals surface area contributed by atoms with Gasteiger partial charge < -0.3 is 9.64 Å².